The van der Waals surface area contributed by atoms with Crippen LogP contribution in [0.15, 0.2) is 12.3 Å². The Labute approximate surface area is 107 Å². The summed E-state index contributed by atoms with van der Waals surface area (Å²) in [5.41, 5.74) is 6.50. The van der Waals surface area contributed by atoms with Crippen LogP contribution in [-0.4, -0.2) is 28.6 Å². The number of carboxylic acid groups (broad SMARTS) is 1. The van der Waals surface area contributed by atoms with Gasteiger partial charge in [0.1, 0.15) is 0 Å². The Kier molecular flexibility index (Phi) is 3.41. The molecule has 18 heavy (non-hydrogen) atoms. The summed E-state index contributed by atoms with van der Waals surface area (Å²) < 4.78 is 0. The average Bonchev–Trinajstić information content (AvgIpc) is 2.32. The number of hydrogen-bond donors (Lipinski definition) is 2. The van der Waals surface area contributed by atoms with Gasteiger partial charge in [0.2, 0.25) is 0 Å². The van der Waals surface area contributed by atoms with Gasteiger partial charge in [0.15, 0.2) is 5.82 Å². The van der Waals surface area contributed by atoms with E-state index in [0.717, 1.165) is 13.0 Å². The van der Waals surface area contributed by atoms with E-state index in [0.29, 0.717) is 23.5 Å². The Morgan fingerprint density at radius 2 is 2.22 bits per heavy atom. The molecule has 1 saturated heterocycles. The van der Waals surface area contributed by atoms with Gasteiger partial charge in [0.05, 0.1) is 11.3 Å². The van der Waals surface area contributed by atoms with Crippen LogP contribution in [0, 0.1) is 5.92 Å². The van der Waals surface area contributed by atoms with Crippen molar-refractivity contribution in [2.45, 2.75) is 32.7 Å². The van der Waals surface area contributed by atoms with E-state index in [4.69, 9.17) is 10.8 Å². The molecule has 0 aliphatic carbocycles. The fourth-order valence-electron chi connectivity index (χ4n) is 2.42. The summed E-state index contributed by atoms with van der Waals surface area (Å²) in [7, 11) is 0. The monoisotopic (exact) mass is 249 g/mol. The predicted octanol–water partition coefficient (Wildman–Crippen LogP) is 1.99. The van der Waals surface area contributed by atoms with E-state index < -0.39 is 5.97 Å². The van der Waals surface area contributed by atoms with Gasteiger partial charge in [0, 0.05) is 18.8 Å². The number of nitrogens with two attached hydrogens (primary N) is 1. The summed E-state index contributed by atoms with van der Waals surface area (Å²) in [6.45, 7) is 5.28. The number of anilines is 2. The van der Waals surface area contributed by atoms with E-state index in [1.54, 1.807) is 0 Å². The van der Waals surface area contributed by atoms with Gasteiger partial charge in [-0.2, -0.15) is 0 Å². The van der Waals surface area contributed by atoms with Crippen LogP contribution in [0.1, 0.15) is 37.0 Å². The van der Waals surface area contributed by atoms with E-state index in [2.05, 4.69) is 23.7 Å². The number of aromatic nitrogens is 1. The van der Waals surface area contributed by atoms with Crippen molar-refractivity contribution in [3.05, 3.63) is 17.8 Å². The summed E-state index contributed by atoms with van der Waals surface area (Å²) >= 11 is 0. The Bertz CT molecular complexity index is 462. The number of carbonyl (C=O) groups is 1. The van der Waals surface area contributed by atoms with Crippen molar-refractivity contribution in [1.82, 2.24) is 4.98 Å². The standard InChI is InChI=1S/C13H19N3O2/c1-8-3-4-9(2)16(7-8)12-11(14)5-10(6-15-12)13(17)18/h5-6,8-9H,3-4,7,14H2,1-2H3,(H,17,18). The third-order valence-corrected chi connectivity index (χ3v) is 3.53. The van der Waals surface area contributed by atoms with Crippen LogP contribution in [0.3, 0.4) is 0 Å². The zero-order chi connectivity index (χ0) is 13.3. The van der Waals surface area contributed by atoms with Gasteiger partial charge in [-0.3, -0.25) is 0 Å². The van der Waals surface area contributed by atoms with Crippen LogP contribution in [-0.2, 0) is 0 Å². The molecule has 0 bridgehead atoms. The summed E-state index contributed by atoms with van der Waals surface area (Å²) in [5, 5.41) is 8.90. The molecule has 5 heteroatoms. The number of nitrogens with zero attached hydrogens (tertiary/aromatic N) is 2. The Morgan fingerprint density at radius 1 is 1.50 bits per heavy atom. The average molecular weight is 249 g/mol. The fraction of sp³-hybridized carbons (Fsp3) is 0.538. The van der Waals surface area contributed by atoms with Crippen molar-refractivity contribution in [2.75, 3.05) is 17.2 Å². The second-order valence-corrected chi connectivity index (χ2v) is 5.13. The molecule has 1 aromatic rings. The van der Waals surface area contributed by atoms with E-state index >= 15 is 0 Å². The second kappa shape index (κ2) is 4.84. The molecule has 2 atom stereocenters. The summed E-state index contributed by atoms with van der Waals surface area (Å²) in [6.07, 6.45) is 3.70. The van der Waals surface area contributed by atoms with E-state index in [1.165, 1.54) is 18.7 Å². The molecule has 0 radical (unpaired) electrons. The SMILES string of the molecule is CC1CCC(C)N(c2ncc(C(=O)O)cc2N)C1. The van der Waals surface area contributed by atoms with E-state index in [1.807, 2.05) is 0 Å². The topological polar surface area (TPSA) is 79.5 Å². The largest absolute Gasteiger partial charge is 0.478 e. The van der Waals surface area contributed by atoms with Gasteiger partial charge in [-0.05, 0) is 31.7 Å². The lowest BCUT2D eigenvalue weighted by Crippen LogP contribution is -2.42. The molecule has 2 heterocycles. The summed E-state index contributed by atoms with van der Waals surface area (Å²) in [4.78, 5) is 17.3. The molecule has 2 rings (SSSR count). The fourth-order valence-corrected chi connectivity index (χ4v) is 2.42. The summed E-state index contributed by atoms with van der Waals surface area (Å²) in [6, 6.07) is 1.88. The van der Waals surface area contributed by atoms with Crippen LogP contribution in [0.5, 0.6) is 0 Å². The van der Waals surface area contributed by atoms with Crippen molar-refractivity contribution in [3.8, 4) is 0 Å². The Morgan fingerprint density at radius 3 is 2.83 bits per heavy atom. The van der Waals surface area contributed by atoms with Crippen LogP contribution in [0.25, 0.3) is 0 Å². The minimum Gasteiger partial charge on any atom is -0.478 e. The lowest BCUT2D eigenvalue weighted by Gasteiger charge is -2.38. The highest BCUT2D eigenvalue weighted by atomic mass is 16.4. The maximum Gasteiger partial charge on any atom is 0.337 e. The van der Waals surface area contributed by atoms with Crippen LogP contribution in [0.4, 0.5) is 11.5 Å². The predicted molar refractivity (Wildman–Crippen MR) is 70.8 cm³/mol. The van der Waals surface area contributed by atoms with E-state index in [9.17, 15) is 4.79 Å². The van der Waals surface area contributed by atoms with Crippen molar-refractivity contribution in [2.24, 2.45) is 5.92 Å². The minimum absolute atomic E-state index is 0.133. The number of piperidine rings is 1. The molecule has 0 aromatic carbocycles. The molecule has 5 nitrogen and oxygen atoms in total. The van der Waals surface area contributed by atoms with Gasteiger partial charge in [-0.25, -0.2) is 9.78 Å². The van der Waals surface area contributed by atoms with Gasteiger partial charge in [-0.1, -0.05) is 6.92 Å². The number of rotatable bonds is 2. The van der Waals surface area contributed by atoms with Gasteiger partial charge >= 0.3 is 5.97 Å². The van der Waals surface area contributed by atoms with Crippen molar-refractivity contribution < 1.29 is 9.90 Å². The molecule has 1 aromatic heterocycles. The first kappa shape index (κ1) is 12.7. The number of pyridine rings is 1. The van der Waals surface area contributed by atoms with Gasteiger partial charge in [0.25, 0.3) is 0 Å². The number of aromatic carboxylic acids is 1. The molecule has 2 unspecified atom stereocenters. The quantitative estimate of drug-likeness (QED) is 0.837. The maximum atomic E-state index is 10.8. The second-order valence-electron chi connectivity index (χ2n) is 5.13. The molecule has 0 amide bonds. The Balaban J connectivity index is 2.30. The lowest BCUT2D eigenvalue weighted by atomic mass is 9.95. The van der Waals surface area contributed by atoms with Gasteiger partial charge in [-0.15, -0.1) is 0 Å². The molecule has 1 aliphatic heterocycles. The third kappa shape index (κ3) is 2.39. The van der Waals surface area contributed by atoms with E-state index in [-0.39, 0.29) is 5.56 Å². The zero-order valence-corrected chi connectivity index (χ0v) is 10.8. The van der Waals surface area contributed by atoms with Crippen LogP contribution < -0.4 is 10.6 Å². The van der Waals surface area contributed by atoms with Crippen molar-refractivity contribution >= 4 is 17.5 Å². The van der Waals surface area contributed by atoms with Crippen LogP contribution in [0.2, 0.25) is 0 Å². The lowest BCUT2D eigenvalue weighted by molar-refractivity contribution is 0.0696. The number of carboxylic acids is 1. The first-order valence-electron chi connectivity index (χ1n) is 6.24. The van der Waals surface area contributed by atoms with Gasteiger partial charge < -0.3 is 15.7 Å². The highest BCUT2D eigenvalue weighted by molar-refractivity contribution is 5.89. The molecular formula is C13H19N3O2. The minimum atomic E-state index is -0.999. The van der Waals surface area contributed by atoms with Crippen LogP contribution >= 0.6 is 0 Å². The summed E-state index contributed by atoms with van der Waals surface area (Å²) in [5.74, 6) is 0.321. The van der Waals surface area contributed by atoms with Crippen molar-refractivity contribution in [3.63, 3.8) is 0 Å². The molecule has 0 spiro atoms. The van der Waals surface area contributed by atoms with Crippen molar-refractivity contribution in [1.29, 1.82) is 0 Å². The number of nitrogen functional groups attached to an aromatic ring is 1. The molecule has 1 aliphatic rings. The molecule has 0 saturated carbocycles. The highest BCUT2D eigenvalue weighted by Gasteiger charge is 2.25. The maximum absolute atomic E-state index is 10.8. The molecular weight excluding hydrogens is 230 g/mol. The smallest absolute Gasteiger partial charge is 0.337 e. The molecule has 3 N–H and O–H groups in total. The Hall–Kier alpha value is -1.78. The third-order valence-electron chi connectivity index (χ3n) is 3.53. The number of hydrogen-bond acceptors (Lipinski definition) is 4. The first-order chi connectivity index (χ1) is 8.49. The molecule has 98 valence electrons. The molecule has 1 fully saturated rings. The highest BCUT2D eigenvalue weighted by Crippen LogP contribution is 2.30. The normalized spacial score (nSPS) is 24.0. The first-order valence-corrected chi connectivity index (χ1v) is 6.24. The zero-order valence-electron chi connectivity index (χ0n) is 10.8.